The van der Waals surface area contributed by atoms with Crippen molar-refractivity contribution in [2.75, 3.05) is 37.5 Å². The average molecular weight is 706 g/mol. The van der Waals surface area contributed by atoms with E-state index < -0.39 is 21.7 Å². The second kappa shape index (κ2) is 14.3. The number of nitrogens with zero attached hydrogens (tertiary/aromatic N) is 2. The van der Waals surface area contributed by atoms with Gasteiger partial charge in [-0.3, -0.25) is 14.3 Å². The molecule has 0 saturated heterocycles. The number of halogens is 1. The Hall–Kier alpha value is -3.60. The predicted octanol–water partition coefficient (Wildman–Crippen LogP) is 7.07. The summed E-state index contributed by atoms with van der Waals surface area (Å²) in [5.74, 6) is 1.10. The number of hydrogen-bond acceptors (Lipinski definition) is 7. The number of hydrogen-bond donors (Lipinski definition) is 1. The summed E-state index contributed by atoms with van der Waals surface area (Å²) in [6.45, 7) is 2.03. The Bertz CT molecular complexity index is 1850. The van der Waals surface area contributed by atoms with Crippen LogP contribution in [0.4, 0.5) is 5.69 Å². The fourth-order valence-electron chi connectivity index (χ4n) is 8.03. The van der Waals surface area contributed by atoms with Gasteiger partial charge in [0.05, 0.1) is 30.4 Å². The number of methoxy groups -OCH3 is 1. The Morgan fingerprint density at radius 1 is 1.18 bits per heavy atom. The van der Waals surface area contributed by atoms with Crippen LogP contribution in [-0.4, -0.2) is 54.7 Å². The number of anilines is 1. The van der Waals surface area contributed by atoms with Gasteiger partial charge in [0, 0.05) is 49.0 Å². The first-order valence-corrected chi connectivity index (χ1v) is 19.4. The van der Waals surface area contributed by atoms with Gasteiger partial charge in [-0.05, 0) is 110 Å². The van der Waals surface area contributed by atoms with Gasteiger partial charge in [-0.2, -0.15) is 0 Å². The quantitative estimate of drug-likeness (QED) is 0.283. The molecule has 3 aromatic rings. The zero-order chi connectivity index (χ0) is 34.0. The van der Waals surface area contributed by atoms with Crippen LogP contribution in [-0.2, 0) is 37.7 Å². The highest BCUT2D eigenvalue weighted by Crippen LogP contribution is 2.47. The number of benzene rings is 2. The molecule has 0 radical (unpaired) electrons. The molecule has 49 heavy (non-hydrogen) atoms. The van der Waals surface area contributed by atoms with Crippen LogP contribution in [0.3, 0.4) is 0 Å². The van der Waals surface area contributed by atoms with E-state index in [9.17, 15) is 13.8 Å². The van der Waals surface area contributed by atoms with Crippen molar-refractivity contribution in [3.8, 4) is 5.75 Å². The van der Waals surface area contributed by atoms with Gasteiger partial charge in [-0.1, -0.05) is 29.8 Å². The molecule has 2 aromatic carbocycles. The van der Waals surface area contributed by atoms with E-state index in [1.54, 1.807) is 31.6 Å². The molecule has 4 aliphatic rings. The summed E-state index contributed by atoms with van der Waals surface area (Å²) >= 11 is 6.44. The lowest BCUT2D eigenvalue weighted by Gasteiger charge is -2.46. The van der Waals surface area contributed by atoms with Crippen molar-refractivity contribution in [3.63, 3.8) is 0 Å². The molecule has 1 aromatic heterocycles. The molecule has 2 aliphatic heterocycles. The second-order valence-corrected chi connectivity index (χ2v) is 16.4. The van der Waals surface area contributed by atoms with Crippen LogP contribution >= 0.6 is 11.6 Å². The number of nitrogens with one attached hydrogen (secondary N) is 1. The van der Waals surface area contributed by atoms with E-state index in [0.29, 0.717) is 54.8 Å². The van der Waals surface area contributed by atoms with Gasteiger partial charge in [0.25, 0.3) is 5.91 Å². The lowest BCUT2D eigenvalue weighted by atomic mass is 9.68. The number of allylic oxidation sites excluding steroid dienone is 1. The van der Waals surface area contributed by atoms with Crippen molar-refractivity contribution in [3.05, 3.63) is 94.4 Å². The summed E-state index contributed by atoms with van der Waals surface area (Å²) in [4.78, 5) is 29.2. The standard InChI is InChI=1S/C38H44ClN3O6S/c1-46-34-9-3-2-4-20-49(45,40-36(43)17-13-30-8-6-19-47-30)41-37(44)27-11-16-35-33(22-27)42(23-28-10-14-31(28)34)24-38(25-48-35)18-5-7-26-21-29(39)12-15-32(26)38/h3,6,8-9,11-12,15-16,19,21-22,28,31,34H,2,4-5,7,10,13-14,17-18,20,23-25H2,1H3,(H,40,41,43,44,45)/b9-3+/t28-,31+,34-,38-,49+/m0/s1. The molecule has 0 unspecified atom stereocenters. The van der Waals surface area contributed by atoms with E-state index in [-0.39, 0.29) is 23.7 Å². The van der Waals surface area contributed by atoms with E-state index in [2.05, 4.69) is 38.3 Å². The lowest BCUT2D eigenvalue weighted by molar-refractivity contribution is -0.119. The Labute approximate surface area is 293 Å². The van der Waals surface area contributed by atoms with Gasteiger partial charge >= 0.3 is 0 Å². The third-order valence-electron chi connectivity index (χ3n) is 10.7. The Kier molecular flexibility index (Phi) is 9.91. The van der Waals surface area contributed by atoms with E-state index >= 15 is 0 Å². The van der Waals surface area contributed by atoms with Crippen molar-refractivity contribution in [1.82, 2.24) is 4.72 Å². The van der Waals surface area contributed by atoms with Crippen LogP contribution in [0.5, 0.6) is 5.75 Å². The fourth-order valence-corrected chi connectivity index (χ4v) is 9.86. The molecule has 1 spiro atoms. The van der Waals surface area contributed by atoms with Gasteiger partial charge < -0.3 is 18.8 Å². The molecule has 2 amide bonds. The van der Waals surface area contributed by atoms with Crippen molar-refractivity contribution in [1.29, 1.82) is 0 Å². The first-order chi connectivity index (χ1) is 23.7. The number of furan rings is 1. The van der Waals surface area contributed by atoms with Crippen molar-refractivity contribution in [2.45, 2.75) is 69.3 Å². The molecule has 1 N–H and O–H groups in total. The average Bonchev–Trinajstić information content (AvgIpc) is 3.55. The third kappa shape index (κ3) is 7.32. The first-order valence-electron chi connectivity index (χ1n) is 17.4. The SMILES string of the molecule is CO[C@H]1/C=C/CCC[S@@](=O)(NC(=O)CCc2ccco2)=NC(=O)c2ccc3c(c2)N(C[C@@H]2CC[C@H]21)C[C@@]1(CCCc2cc(Cl)ccc21)CO3. The highest BCUT2D eigenvalue weighted by molar-refractivity contribution is 7.92. The summed E-state index contributed by atoms with van der Waals surface area (Å²) < 4.78 is 39.0. The first kappa shape index (κ1) is 33.9. The zero-order valence-electron chi connectivity index (χ0n) is 27.9. The number of ether oxygens (including phenoxy) is 2. The van der Waals surface area contributed by atoms with Crippen LogP contribution in [0.1, 0.15) is 72.2 Å². The molecular weight excluding hydrogens is 662 g/mol. The molecule has 9 nitrogen and oxygen atoms in total. The molecule has 2 bridgehead atoms. The van der Waals surface area contributed by atoms with Gasteiger partial charge in [-0.25, -0.2) is 4.21 Å². The third-order valence-corrected chi connectivity index (χ3v) is 12.8. The molecule has 1 saturated carbocycles. The van der Waals surface area contributed by atoms with Crippen molar-refractivity contribution < 1.29 is 27.7 Å². The molecule has 5 atom stereocenters. The normalized spacial score (nSPS) is 29.0. The Morgan fingerprint density at radius 3 is 2.88 bits per heavy atom. The van der Waals surface area contributed by atoms with E-state index in [1.807, 2.05) is 18.2 Å². The molecule has 7 rings (SSSR count). The van der Waals surface area contributed by atoms with E-state index in [1.165, 1.54) is 11.1 Å². The Morgan fingerprint density at radius 2 is 2.08 bits per heavy atom. The minimum atomic E-state index is -3.41. The number of fused-ring (bicyclic) bond motifs is 4. The summed E-state index contributed by atoms with van der Waals surface area (Å²) in [5.41, 5.74) is 3.43. The lowest BCUT2D eigenvalue weighted by Crippen LogP contribution is -2.49. The number of carbonyl (C=O) groups excluding carboxylic acids is 2. The maximum Gasteiger partial charge on any atom is 0.286 e. The number of aryl methyl sites for hydroxylation is 2. The van der Waals surface area contributed by atoms with Gasteiger partial charge in [0.15, 0.2) is 0 Å². The highest BCUT2D eigenvalue weighted by atomic mass is 35.5. The number of amides is 2. The zero-order valence-corrected chi connectivity index (χ0v) is 29.5. The largest absolute Gasteiger partial charge is 0.490 e. The monoisotopic (exact) mass is 705 g/mol. The van der Waals surface area contributed by atoms with Crippen LogP contribution in [0.2, 0.25) is 5.02 Å². The highest BCUT2D eigenvalue weighted by Gasteiger charge is 2.44. The van der Waals surface area contributed by atoms with Gasteiger partial charge in [0.2, 0.25) is 5.91 Å². The summed E-state index contributed by atoms with van der Waals surface area (Å²) in [6.07, 6.45) is 12.4. The predicted molar refractivity (Wildman–Crippen MR) is 191 cm³/mol. The van der Waals surface area contributed by atoms with Gasteiger partial charge in [-0.15, -0.1) is 4.36 Å². The maximum absolute atomic E-state index is 14.2. The molecule has 2 aliphatic carbocycles. The molecule has 11 heteroatoms. The van der Waals surface area contributed by atoms with Crippen molar-refractivity contribution in [2.24, 2.45) is 16.2 Å². The summed E-state index contributed by atoms with van der Waals surface area (Å²) in [5, 5.41) is 0.742. The molecule has 3 heterocycles. The fraction of sp³-hybridized carbons (Fsp3) is 0.474. The summed E-state index contributed by atoms with van der Waals surface area (Å²) in [6, 6.07) is 15.1. The van der Waals surface area contributed by atoms with Crippen LogP contribution in [0.15, 0.2) is 75.7 Å². The van der Waals surface area contributed by atoms with Crippen LogP contribution in [0.25, 0.3) is 0 Å². The molecule has 260 valence electrons. The second-order valence-electron chi connectivity index (χ2n) is 13.9. The Balaban J connectivity index is 1.25. The number of carbonyl (C=O) groups is 2. The maximum atomic E-state index is 14.2. The molecule has 1 fully saturated rings. The minimum absolute atomic E-state index is 0.0379. The minimum Gasteiger partial charge on any atom is -0.490 e. The van der Waals surface area contributed by atoms with Crippen LogP contribution in [0, 0.1) is 11.8 Å². The van der Waals surface area contributed by atoms with Crippen LogP contribution < -0.4 is 14.4 Å². The van der Waals surface area contributed by atoms with E-state index in [0.717, 1.165) is 55.9 Å². The van der Waals surface area contributed by atoms with Gasteiger partial charge in [0.1, 0.15) is 21.4 Å². The smallest absolute Gasteiger partial charge is 0.286 e. The topological polar surface area (TPSA) is 110 Å². The molecular formula is C38H44ClN3O6S. The number of rotatable bonds is 5. The summed E-state index contributed by atoms with van der Waals surface area (Å²) in [7, 11) is -1.65. The van der Waals surface area contributed by atoms with Crippen molar-refractivity contribution >= 4 is 39.0 Å². The van der Waals surface area contributed by atoms with E-state index in [4.69, 9.17) is 25.5 Å².